The normalized spacial score (nSPS) is 12.7. The van der Waals surface area contributed by atoms with Crippen LogP contribution in [0.3, 0.4) is 0 Å². The van der Waals surface area contributed by atoms with Crippen molar-refractivity contribution in [2.45, 2.75) is 40.0 Å². The number of allylic oxidation sites excluding steroid dienone is 4. The monoisotopic (exact) mass is 276 g/mol. The van der Waals surface area contributed by atoms with E-state index >= 15 is 0 Å². The minimum atomic E-state index is -1.77. The van der Waals surface area contributed by atoms with Crippen molar-refractivity contribution >= 4 is 18.2 Å². The fraction of sp³-hybridized carbons (Fsp3) is 0.375. The molecule has 0 bridgehead atoms. The molecule has 0 aliphatic rings. The first-order valence-corrected chi connectivity index (χ1v) is 7.01. The van der Waals surface area contributed by atoms with E-state index in [1.165, 1.54) is 17.7 Å². The van der Waals surface area contributed by atoms with E-state index < -0.39 is 12.9 Å². The molecule has 108 valence electrons. The lowest BCUT2D eigenvalue weighted by Gasteiger charge is -2.08. The number of rotatable bonds is 6. The Morgan fingerprint density at radius 1 is 1.25 bits per heavy atom. The van der Waals surface area contributed by atoms with E-state index in [2.05, 4.69) is 19.9 Å². The average Bonchev–Trinajstić information content (AvgIpc) is 2.39. The maximum absolute atomic E-state index is 13.8. The van der Waals surface area contributed by atoms with E-state index in [0.29, 0.717) is 0 Å². The van der Waals surface area contributed by atoms with E-state index in [1.54, 1.807) is 6.07 Å². The lowest BCUT2D eigenvalue weighted by Crippen LogP contribution is -2.32. The van der Waals surface area contributed by atoms with Crippen molar-refractivity contribution in [2.75, 3.05) is 0 Å². The number of hydrogen-bond acceptors (Lipinski definition) is 2. The summed E-state index contributed by atoms with van der Waals surface area (Å²) in [6.45, 7) is 6.23. The lowest BCUT2D eigenvalue weighted by molar-refractivity contribution is 0.423. The van der Waals surface area contributed by atoms with Gasteiger partial charge in [-0.15, -0.1) is 0 Å². The lowest BCUT2D eigenvalue weighted by atomic mass is 9.79. The summed E-state index contributed by atoms with van der Waals surface area (Å²) in [6, 6.07) is 4.49. The minimum absolute atomic E-state index is 0.0955. The highest BCUT2D eigenvalue weighted by molar-refractivity contribution is 6.58. The first-order valence-electron chi connectivity index (χ1n) is 7.01. The molecule has 4 heteroatoms. The minimum Gasteiger partial charge on any atom is -0.423 e. The van der Waals surface area contributed by atoms with Gasteiger partial charge in [0.15, 0.2) is 0 Å². The van der Waals surface area contributed by atoms with Crippen LogP contribution < -0.4 is 5.46 Å². The Bertz CT molecular complexity index is 507. The summed E-state index contributed by atoms with van der Waals surface area (Å²) in [5.41, 5.74) is 3.00. The van der Waals surface area contributed by atoms with Gasteiger partial charge in [0.2, 0.25) is 0 Å². The van der Waals surface area contributed by atoms with Crippen LogP contribution in [-0.2, 0) is 0 Å². The molecule has 0 aliphatic heterocycles. The highest BCUT2D eigenvalue weighted by Crippen LogP contribution is 2.19. The van der Waals surface area contributed by atoms with Crippen LogP contribution in [0.5, 0.6) is 0 Å². The fourth-order valence-corrected chi connectivity index (χ4v) is 2.07. The van der Waals surface area contributed by atoms with Gasteiger partial charge in [-0.1, -0.05) is 50.1 Å². The molecule has 0 aromatic heterocycles. The van der Waals surface area contributed by atoms with Crippen molar-refractivity contribution in [3.8, 4) is 0 Å². The first kappa shape index (κ1) is 16.7. The summed E-state index contributed by atoms with van der Waals surface area (Å²) in [7, 11) is -1.77. The Morgan fingerprint density at radius 3 is 2.45 bits per heavy atom. The zero-order chi connectivity index (χ0) is 15.1. The zero-order valence-electron chi connectivity index (χ0n) is 12.4. The summed E-state index contributed by atoms with van der Waals surface area (Å²) in [6.07, 6.45) is 7.02. The van der Waals surface area contributed by atoms with Crippen LogP contribution in [0.1, 0.15) is 45.6 Å². The molecule has 0 saturated heterocycles. The summed E-state index contributed by atoms with van der Waals surface area (Å²) in [4.78, 5) is 0. The first-order chi connectivity index (χ1) is 9.49. The Morgan fingerprint density at radius 2 is 1.95 bits per heavy atom. The number of halogens is 1. The van der Waals surface area contributed by atoms with Crippen LogP contribution in [0.4, 0.5) is 4.39 Å². The molecule has 0 fully saturated rings. The standard InChI is InChI=1S/C16H22BFO2/c1-4-6-12(3)7-8-13(5-2)14-9-10-15(17(19)20)16(18)11-14/h7-11,19-20H,4-6H2,1-3H3/b12-7+,13-8+. The molecule has 0 aliphatic carbocycles. The smallest absolute Gasteiger partial charge is 0.423 e. The van der Waals surface area contributed by atoms with Gasteiger partial charge in [0.1, 0.15) is 5.82 Å². The zero-order valence-corrected chi connectivity index (χ0v) is 12.4. The molecule has 0 radical (unpaired) electrons. The number of benzene rings is 1. The van der Waals surface area contributed by atoms with Crippen LogP contribution >= 0.6 is 0 Å². The second kappa shape index (κ2) is 8.03. The molecular weight excluding hydrogens is 254 g/mol. The highest BCUT2D eigenvalue weighted by Gasteiger charge is 2.16. The third-order valence-corrected chi connectivity index (χ3v) is 3.24. The molecule has 0 spiro atoms. The van der Waals surface area contributed by atoms with Gasteiger partial charge in [-0.3, -0.25) is 0 Å². The molecule has 0 amide bonds. The van der Waals surface area contributed by atoms with Crippen LogP contribution in [-0.4, -0.2) is 17.2 Å². The van der Waals surface area contributed by atoms with Crippen molar-refractivity contribution < 1.29 is 14.4 Å². The van der Waals surface area contributed by atoms with Gasteiger partial charge in [0.25, 0.3) is 0 Å². The number of hydrogen-bond donors (Lipinski definition) is 2. The molecule has 1 aromatic carbocycles. The van der Waals surface area contributed by atoms with Gasteiger partial charge < -0.3 is 10.0 Å². The third-order valence-electron chi connectivity index (χ3n) is 3.24. The van der Waals surface area contributed by atoms with Gasteiger partial charge in [-0.2, -0.15) is 0 Å². The van der Waals surface area contributed by atoms with E-state index in [1.807, 2.05) is 13.0 Å². The predicted molar refractivity (Wildman–Crippen MR) is 83.2 cm³/mol. The molecule has 20 heavy (non-hydrogen) atoms. The molecular formula is C16H22BFO2. The largest absolute Gasteiger partial charge is 0.491 e. The second-order valence-corrected chi connectivity index (χ2v) is 4.92. The molecule has 0 heterocycles. The van der Waals surface area contributed by atoms with Gasteiger partial charge in [0, 0.05) is 5.46 Å². The highest BCUT2D eigenvalue weighted by atomic mass is 19.1. The quantitative estimate of drug-likeness (QED) is 0.619. The summed E-state index contributed by atoms with van der Waals surface area (Å²) in [5.74, 6) is -0.592. The third kappa shape index (κ3) is 4.62. The van der Waals surface area contributed by atoms with Crippen LogP contribution in [0.15, 0.2) is 35.9 Å². The molecule has 0 atom stereocenters. The van der Waals surface area contributed by atoms with Crippen molar-refractivity contribution in [2.24, 2.45) is 0 Å². The summed E-state index contributed by atoms with van der Waals surface area (Å²) in [5, 5.41) is 18.0. The summed E-state index contributed by atoms with van der Waals surface area (Å²) < 4.78 is 13.8. The SMILES string of the molecule is CCC/C(C)=C/C=C(\CC)c1ccc(B(O)O)c(F)c1. The van der Waals surface area contributed by atoms with Crippen LogP contribution in [0.25, 0.3) is 5.57 Å². The van der Waals surface area contributed by atoms with Gasteiger partial charge in [0.05, 0.1) is 0 Å². The van der Waals surface area contributed by atoms with Crippen molar-refractivity contribution in [3.05, 3.63) is 47.3 Å². The Balaban J connectivity index is 3.04. The topological polar surface area (TPSA) is 40.5 Å². The van der Waals surface area contributed by atoms with Gasteiger partial charge >= 0.3 is 7.12 Å². The molecule has 0 saturated carbocycles. The van der Waals surface area contributed by atoms with Gasteiger partial charge in [-0.25, -0.2) is 4.39 Å². The van der Waals surface area contributed by atoms with Crippen molar-refractivity contribution in [1.82, 2.24) is 0 Å². The Kier molecular flexibility index (Phi) is 6.69. The van der Waals surface area contributed by atoms with Crippen LogP contribution in [0, 0.1) is 5.82 Å². The molecule has 0 unspecified atom stereocenters. The maximum atomic E-state index is 13.8. The van der Waals surface area contributed by atoms with E-state index in [-0.39, 0.29) is 5.46 Å². The fourth-order valence-electron chi connectivity index (χ4n) is 2.07. The second-order valence-electron chi connectivity index (χ2n) is 4.92. The Labute approximate surface area is 120 Å². The maximum Gasteiger partial charge on any atom is 0.491 e. The molecule has 2 N–H and O–H groups in total. The molecule has 2 nitrogen and oxygen atoms in total. The predicted octanol–water partition coefficient (Wildman–Crippen LogP) is 3.05. The summed E-state index contributed by atoms with van der Waals surface area (Å²) >= 11 is 0. The van der Waals surface area contributed by atoms with E-state index in [4.69, 9.17) is 10.0 Å². The van der Waals surface area contributed by atoms with E-state index in [9.17, 15) is 4.39 Å². The molecule has 1 aromatic rings. The molecule has 1 rings (SSSR count). The van der Waals surface area contributed by atoms with Crippen molar-refractivity contribution in [1.29, 1.82) is 0 Å². The van der Waals surface area contributed by atoms with Crippen LogP contribution in [0.2, 0.25) is 0 Å². The Hall–Kier alpha value is -1.39. The van der Waals surface area contributed by atoms with Crippen molar-refractivity contribution in [3.63, 3.8) is 0 Å². The van der Waals surface area contributed by atoms with Gasteiger partial charge in [-0.05, 0) is 37.0 Å². The average molecular weight is 276 g/mol. The van der Waals surface area contributed by atoms with E-state index in [0.717, 1.165) is 30.4 Å².